The third-order valence-electron chi connectivity index (χ3n) is 11.1. The van der Waals surface area contributed by atoms with Gasteiger partial charge < -0.3 is 15.3 Å². The number of likely N-dealkylation sites (tertiary alicyclic amines) is 1. The number of rotatable bonds is 5. The molecular formula is C29H44N2O2. The van der Waals surface area contributed by atoms with Gasteiger partial charge in [-0.05, 0) is 98.0 Å². The lowest BCUT2D eigenvalue weighted by Crippen LogP contribution is -2.61. The van der Waals surface area contributed by atoms with Crippen LogP contribution in [0.3, 0.4) is 0 Å². The van der Waals surface area contributed by atoms with Crippen LogP contribution in [0.15, 0.2) is 24.3 Å². The lowest BCUT2D eigenvalue weighted by molar-refractivity contribution is -0.158. The Morgan fingerprint density at radius 3 is 2.61 bits per heavy atom. The molecule has 4 heteroatoms. The summed E-state index contributed by atoms with van der Waals surface area (Å²) < 4.78 is 0. The smallest absolute Gasteiger partial charge is 0.222 e. The average molecular weight is 453 g/mol. The number of aromatic hydroxyl groups is 1. The van der Waals surface area contributed by atoms with Gasteiger partial charge in [-0.1, -0.05) is 39.0 Å². The molecule has 1 aliphatic heterocycles. The average Bonchev–Trinajstić information content (AvgIpc) is 3.15. The van der Waals surface area contributed by atoms with Crippen LogP contribution >= 0.6 is 0 Å². The second kappa shape index (κ2) is 8.59. The second-order valence-corrected chi connectivity index (χ2v) is 12.4. The van der Waals surface area contributed by atoms with Crippen LogP contribution in [0.25, 0.3) is 0 Å². The minimum atomic E-state index is 0.315. The summed E-state index contributed by atoms with van der Waals surface area (Å²) in [5, 5.41) is 13.7. The Labute approximate surface area is 200 Å². The predicted octanol–water partition coefficient (Wildman–Crippen LogP) is 5.60. The van der Waals surface area contributed by atoms with E-state index in [1.807, 2.05) is 18.2 Å². The van der Waals surface area contributed by atoms with E-state index < -0.39 is 0 Å². The third-order valence-corrected chi connectivity index (χ3v) is 11.1. The monoisotopic (exact) mass is 452 g/mol. The molecule has 182 valence electrons. The van der Waals surface area contributed by atoms with Crippen molar-refractivity contribution in [3.63, 3.8) is 0 Å². The van der Waals surface area contributed by atoms with Crippen LogP contribution in [-0.4, -0.2) is 35.5 Å². The van der Waals surface area contributed by atoms with E-state index in [1.165, 1.54) is 38.5 Å². The van der Waals surface area contributed by atoms with Gasteiger partial charge in [-0.15, -0.1) is 0 Å². The number of para-hydroxylation sites is 1. The summed E-state index contributed by atoms with van der Waals surface area (Å²) in [5.41, 5.74) is 1.76. The lowest BCUT2D eigenvalue weighted by Gasteiger charge is -2.62. The first-order valence-electron chi connectivity index (χ1n) is 13.5. The molecule has 0 aromatic heterocycles. The van der Waals surface area contributed by atoms with Crippen molar-refractivity contribution in [1.82, 2.24) is 10.2 Å². The van der Waals surface area contributed by atoms with Gasteiger partial charge in [0.15, 0.2) is 0 Å². The maximum atomic E-state index is 12.4. The van der Waals surface area contributed by atoms with Gasteiger partial charge in [0, 0.05) is 31.6 Å². The molecule has 1 aromatic carbocycles. The highest BCUT2D eigenvalue weighted by atomic mass is 16.3. The Hall–Kier alpha value is -1.55. The zero-order valence-corrected chi connectivity index (χ0v) is 21.1. The SMILES string of the molecule is CC(CNCc1ccccc1O)[C@H]1CC[C@H]2[C@@H]3CC[C@H]4N(C)C(=O)CC[C@]4(C)[C@H]3CC[C@]12C. The van der Waals surface area contributed by atoms with Crippen molar-refractivity contribution in [2.75, 3.05) is 13.6 Å². The van der Waals surface area contributed by atoms with E-state index in [0.29, 0.717) is 34.4 Å². The number of nitrogens with one attached hydrogen (secondary N) is 1. The van der Waals surface area contributed by atoms with Gasteiger partial charge >= 0.3 is 0 Å². The van der Waals surface area contributed by atoms with E-state index >= 15 is 0 Å². The number of hydrogen-bond donors (Lipinski definition) is 2. The highest BCUT2D eigenvalue weighted by Gasteiger charge is 2.61. The molecule has 3 saturated carbocycles. The van der Waals surface area contributed by atoms with Gasteiger partial charge in [0.25, 0.3) is 0 Å². The molecule has 3 aliphatic carbocycles. The molecule has 4 fully saturated rings. The zero-order valence-electron chi connectivity index (χ0n) is 21.1. The van der Waals surface area contributed by atoms with E-state index in [-0.39, 0.29) is 0 Å². The molecule has 4 aliphatic rings. The van der Waals surface area contributed by atoms with Crippen LogP contribution in [0.4, 0.5) is 0 Å². The van der Waals surface area contributed by atoms with E-state index in [9.17, 15) is 9.90 Å². The van der Waals surface area contributed by atoms with Crippen molar-refractivity contribution in [1.29, 1.82) is 0 Å². The molecule has 33 heavy (non-hydrogen) atoms. The molecule has 0 bridgehead atoms. The molecule has 1 aromatic rings. The van der Waals surface area contributed by atoms with Gasteiger partial charge in [0.05, 0.1) is 0 Å². The summed E-state index contributed by atoms with van der Waals surface area (Å²) in [6.07, 6.45) is 9.82. The van der Waals surface area contributed by atoms with Crippen LogP contribution in [0, 0.1) is 40.4 Å². The summed E-state index contributed by atoms with van der Waals surface area (Å²) in [5.74, 6) is 4.67. The van der Waals surface area contributed by atoms with E-state index in [2.05, 4.69) is 38.0 Å². The van der Waals surface area contributed by atoms with Crippen molar-refractivity contribution in [2.45, 2.75) is 84.7 Å². The molecule has 2 N–H and O–H groups in total. The Morgan fingerprint density at radius 1 is 1.06 bits per heavy atom. The van der Waals surface area contributed by atoms with Crippen LogP contribution in [0.2, 0.25) is 0 Å². The summed E-state index contributed by atoms with van der Waals surface area (Å²) >= 11 is 0. The third kappa shape index (κ3) is 3.72. The molecule has 8 atom stereocenters. The number of piperidine rings is 1. The van der Waals surface area contributed by atoms with E-state index in [1.54, 1.807) is 6.07 Å². The number of phenolic OH excluding ortho intramolecular Hbond substituents is 1. The van der Waals surface area contributed by atoms with Gasteiger partial charge in [0.1, 0.15) is 5.75 Å². The Bertz CT molecular complexity index is 886. The molecule has 4 nitrogen and oxygen atoms in total. The number of fused-ring (bicyclic) bond motifs is 5. The first-order valence-corrected chi connectivity index (χ1v) is 13.5. The number of carbonyl (C=O) groups excluding carboxylic acids is 1. The van der Waals surface area contributed by atoms with E-state index in [0.717, 1.165) is 55.2 Å². The molecule has 1 unspecified atom stereocenters. The summed E-state index contributed by atoms with van der Waals surface area (Å²) in [4.78, 5) is 14.5. The van der Waals surface area contributed by atoms with Crippen molar-refractivity contribution < 1.29 is 9.90 Å². The van der Waals surface area contributed by atoms with Crippen molar-refractivity contribution >= 4 is 5.91 Å². The molecule has 1 saturated heterocycles. The van der Waals surface area contributed by atoms with Gasteiger partial charge in [-0.25, -0.2) is 0 Å². The first-order chi connectivity index (χ1) is 15.8. The van der Waals surface area contributed by atoms with Crippen LogP contribution in [0.5, 0.6) is 5.75 Å². The maximum absolute atomic E-state index is 12.4. The molecule has 1 heterocycles. The quantitative estimate of drug-likeness (QED) is 0.612. The normalized spacial score (nSPS) is 41.3. The van der Waals surface area contributed by atoms with Crippen molar-refractivity contribution in [2.24, 2.45) is 40.4 Å². The topological polar surface area (TPSA) is 52.6 Å². The number of carbonyl (C=O) groups is 1. The molecule has 0 radical (unpaired) electrons. The number of phenols is 1. The largest absolute Gasteiger partial charge is 0.508 e. The fraction of sp³-hybridized carbons (Fsp3) is 0.759. The minimum absolute atomic E-state index is 0.315. The first kappa shape index (κ1) is 23.2. The molecular weight excluding hydrogens is 408 g/mol. The number of nitrogens with zero attached hydrogens (tertiary/aromatic N) is 1. The predicted molar refractivity (Wildman–Crippen MR) is 133 cm³/mol. The Balaban J connectivity index is 1.26. The van der Waals surface area contributed by atoms with Crippen LogP contribution in [0.1, 0.15) is 77.7 Å². The Kier molecular flexibility index (Phi) is 6.04. The number of hydrogen-bond acceptors (Lipinski definition) is 3. The number of amides is 1. The fourth-order valence-corrected chi connectivity index (χ4v) is 9.36. The molecule has 0 spiro atoms. The summed E-state index contributed by atoms with van der Waals surface area (Å²) in [6.45, 7) is 9.35. The fourth-order valence-electron chi connectivity index (χ4n) is 9.36. The summed E-state index contributed by atoms with van der Waals surface area (Å²) in [7, 11) is 2.06. The van der Waals surface area contributed by atoms with Crippen LogP contribution < -0.4 is 5.32 Å². The lowest BCUT2D eigenvalue weighted by atomic mass is 9.46. The second-order valence-electron chi connectivity index (χ2n) is 12.4. The maximum Gasteiger partial charge on any atom is 0.222 e. The zero-order chi connectivity index (χ0) is 23.4. The van der Waals surface area contributed by atoms with Gasteiger partial charge in [-0.3, -0.25) is 4.79 Å². The van der Waals surface area contributed by atoms with Crippen molar-refractivity contribution in [3.05, 3.63) is 29.8 Å². The summed E-state index contributed by atoms with van der Waals surface area (Å²) in [6, 6.07) is 8.12. The highest BCUT2D eigenvalue weighted by Crippen LogP contribution is 2.67. The van der Waals surface area contributed by atoms with E-state index in [4.69, 9.17) is 0 Å². The molecule has 5 rings (SSSR count). The highest BCUT2D eigenvalue weighted by molar-refractivity contribution is 5.77. The number of benzene rings is 1. The standard InChI is InChI=1S/C29H44N2O2/c1-19(17-30-18-20-7-5-6-8-25(20)32)22-10-11-23-21-9-12-26-29(3,16-14-27(33)31(26)4)24(21)13-15-28(22,23)2/h5-8,19,21-24,26,30,32H,9-18H2,1-4H3/t19?,21-,22+,23-,24-,26+,28+,29+/m0/s1. The Morgan fingerprint density at radius 2 is 1.82 bits per heavy atom. The van der Waals surface area contributed by atoms with Gasteiger partial charge in [-0.2, -0.15) is 0 Å². The minimum Gasteiger partial charge on any atom is -0.508 e. The van der Waals surface area contributed by atoms with Crippen LogP contribution in [-0.2, 0) is 11.3 Å². The molecule has 1 amide bonds. The van der Waals surface area contributed by atoms with Gasteiger partial charge in [0.2, 0.25) is 5.91 Å². The van der Waals surface area contributed by atoms with Crippen molar-refractivity contribution in [3.8, 4) is 5.75 Å².